The summed E-state index contributed by atoms with van der Waals surface area (Å²) in [6, 6.07) is 9.24. The van der Waals surface area contributed by atoms with E-state index in [-0.39, 0.29) is 12.3 Å². The van der Waals surface area contributed by atoms with Crippen molar-refractivity contribution in [3.05, 3.63) is 35.9 Å². The summed E-state index contributed by atoms with van der Waals surface area (Å²) >= 11 is 0. The first kappa shape index (κ1) is 17.6. The van der Waals surface area contributed by atoms with Crippen LogP contribution in [0, 0.1) is 11.3 Å². The average Bonchev–Trinajstić information content (AvgIpc) is 2.99. The Labute approximate surface area is 141 Å². The molecule has 1 heterocycles. The zero-order chi connectivity index (χ0) is 17.4. The average molecular weight is 330 g/mol. The lowest BCUT2D eigenvalue weighted by Crippen LogP contribution is -2.16. The molecule has 2 aromatic rings. The Kier molecular flexibility index (Phi) is 6.46. The molecule has 1 N–H and O–H groups in total. The molecule has 0 unspecified atom stereocenters. The maximum absolute atomic E-state index is 9.14. The van der Waals surface area contributed by atoms with Crippen molar-refractivity contribution >= 4 is 5.88 Å². The lowest BCUT2D eigenvalue weighted by atomic mass is 10.3. The van der Waals surface area contributed by atoms with E-state index < -0.39 is 0 Å². The number of anilines is 1. The van der Waals surface area contributed by atoms with Gasteiger partial charge in [0, 0.05) is 6.54 Å². The topological polar surface area (TPSA) is 83.5 Å². The third-order valence-corrected chi connectivity index (χ3v) is 3.27. The molecule has 0 saturated heterocycles. The number of methoxy groups -OCH3 is 1. The summed E-state index contributed by atoms with van der Waals surface area (Å²) in [7, 11) is 5.65. The Balaban J connectivity index is 1.89. The van der Waals surface area contributed by atoms with Gasteiger partial charge in [-0.2, -0.15) is 10.2 Å². The van der Waals surface area contributed by atoms with Crippen LogP contribution in [0.2, 0.25) is 0 Å². The van der Waals surface area contributed by atoms with Gasteiger partial charge in [-0.15, -0.1) is 0 Å². The van der Waals surface area contributed by atoms with E-state index in [9.17, 15) is 0 Å². The summed E-state index contributed by atoms with van der Waals surface area (Å²) in [6.07, 6.45) is 0.941. The Morgan fingerprint density at radius 1 is 1.25 bits per heavy atom. The molecule has 0 aliphatic carbocycles. The molecule has 1 aromatic carbocycles. The number of benzene rings is 1. The molecule has 0 aliphatic heterocycles. The third kappa shape index (κ3) is 5.18. The second-order valence-electron chi connectivity index (χ2n) is 5.44. The monoisotopic (exact) mass is 330 g/mol. The Morgan fingerprint density at radius 3 is 2.58 bits per heavy atom. The van der Waals surface area contributed by atoms with Crippen molar-refractivity contribution in [2.24, 2.45) is 0 Å². The van der Waals surface area contributed by atoms with Crippen molar-refractivity contribution in [1.82, 2.24) is 9.88 Å². The summed E-state index contributed by atoms with van der Waals surface area (Å²) in [5, 5.41) is 12.2. The predicted molar refractivity (Wildman–Crippen MR) is 90.2 cm³/mol. The fourth-order valence-corrected chi connectivity index (χ4v) is 2.04. The molecule has 7 heteroatoms. The lowest BCUT2D eigenvalue weighted by molar-refractivity contribution is 0.264. The van der Waals surface area contributed by atoms with Crippen LogP contribution in [0.15, 0.2) is 28.7 Å². The van der Waals surface area contributed by atoms with Crippen LogP contribution in [0.3, 0.4) is 0 Å². The number of aromatic nitrogens is 1. The van der Waals surface area contributed by atoms with Crippen molar-refractivity contribution in [2.45, 2.75) is 13.0 Å². The molecular weight excluding hydrogens is 308 g/mol. The zero-order valence-electron chi connectivity index (χ0n) is 14.2. The van der Waals surface area contributed by atoms with Gasteiger partial charge in [0.25, 0.3) is 0 Å². The van der Waals surface area contributed by atoms with Gasteiger partial charge >= 0.3 is 0 Å². The third-order valence-electron chi connectivity index (χ3n) is 3.27. The molecular formula is C17H22N4O3. The maximum atomic E-state index is 9.14. The molecule has 2 rings (SSSR count). The smallest absolute Gasteiger partial charge is 0.236 e. The molecule has 0 fully saturated rings. The second-order valence-corrected chi connectivity index (χ2v) is 5.44. The van der Waals surface area contributed by atoms with Gasteiger partial charge in [0.15, 0.2) is 6.61 Å². The second kappa shape index (κ2) is 8.79. The van der Waals surface area contributed by atoms with E-state index in [0.717, 1.165) is 18.7 Å². The van der Waals surface area contributed by atoms with Crippen molar-refractivity contribution < 1.29 is 13.9 Å². The van der Waals surface area contributed by atoms with E-state index in [0.29, 0.717) is 24.1 Å². The van der Waals surface area contributed by atoms with E-state index in [1.165, 1.54) is 0 Å². The first-order valence-electron chi connectivity index (χ1n) is 7.67. The maximum Gasteiger partial charge on any atom is 0.236 e. The summed E-state index contributed by atoms with van der Waals surface area (Å²) in [6.45, 7) is 1.82. The number of hydrogen-bond donors (Lipinski definition) is 1. The van der Waals surface area contributed by atoms with Crippen LogP contribution in [0.25, 0.3) is 0 Å². The summed E-state index contributed by atoms with van der Waals surface area (Å²) in [5.41, 5.74) is 0.244. The van der Waals surface area contributed by atoms with E-state index in [1.54, 1.807) is 19.2 Å². The number of oxazole rings is 1. The quantitative estimate of drug-likeness (QED) is 0.707. The summed E-state index contributed by atoms with van der Waals surface area (Å²) in [4.78, 5) is 6.24. The van der Waals surface area contributed by atoms with Crippen LogP contribution in [-0.4, -0.2) is 44.2 Å². The van der Waals surface area contributed by atoms with Gasteiger partial charge in [-0.25, -0.2) is 0 Å². The molecule has 1 aromatic heterocycles. The molecule has 0 radical (unpaired) electrons. The minimum absolute atomic E-state index is 0.153. The van der Waals surface area contributed by atoms with Crippen LogP contribution in [0.1, 0.15) is 18.0 Å². The molecule has 24 heavy (non-hydrogen) atoms. The first-order valence-corrected chi connectivity index (χ1v) is 7.67. The van der Waals surface area contributed by atoms with Crippen LogP contribution in [0.5, 0.6) is 11.5 Å². The number of ether oxygens (including phenoxy) is 2. The highest BCUT2D eigenvalue weighted by Gasteiger charge is 2.13. The van der Waals surface area contributed by atoms with Crippen molar-refractivity contribution in [2.75, 3.05) is 39.6 Å². The van der Waals surface area contributed by atoms with Crippen molar-refractivity contribution in [3.63, 3.8) is 0 Å². The first-order chi connectivity index (χ1) is 11.6. The molecule has 7 nitrogen and oxygen atoms in total. The SMILES string of the molecule is COc1ccc(OCc2nc(C#N)c(NCCCN(C)C)o2)cc1. The van der Waals surface area contributed by atoms with E-state index in [2.05, 4.69) is 15.2 Å². The lowest BCUT2D eigenvalue weighted by Gasteiger charge is -2.09. The van der Waals surface area contributed by atoms with Gasteiger partial charge < -0.3 is 24.1 Å². The van der Waals surface area contributed by atoms with Gasteiger partial charge in [-0.05, 0) is 51.3 Å². The van der Waals surface area contributed by atoms with E-state index >= 15 is 0 Å². The molecule has 0 bridgehead atoms. The van der Waals surface area contributed by atoms with Gasteiger partial charge in [0.05, 0.1) is 7.11 Å². The zero-order valence-corrected chi connectivity index (χ0v) is 14.2. The minimum atomic E-state index is 0.153. The minimum Gasteiger partial charge on any atom is -0.497 e. The number of nitrogens with zero attached hydrogens (tertiary/aromatic N) is 3. The van der Waals surface area contributed by atoms with Crippen LogP contribution >= 0.6 is 0 Å². The molecule has 128 valence electrons. The van der Waals surface area contributed by atoms with Crippen LogP contribution in [0.4, 0.5) is 5.88 Å². The van der Waals surface area contributed by atoms with Gasteiger partial charge in [0.1, 0.15) is 17.6 Å². The molecule has 0 spiro atoms. The Morgan fingerprint density at radius 2 is 1.96 bits per heavy atom. The fraction of sp³-hybridized carbons (Fsp3) is 0.412. The van der Waals surface area contributed by atoms with E-state index in [4.69, 9.17) is 19.2 Å². The largest absolute Gasteiger partial charge is 0.497 e. The molecule has 0 atom stereocenters. The highest BCUT2D eigenvalue weighted by molar-refractivity contribution is 5.45. The number of hydrogen-bond acceptors (Lipinski definition) is 7. The number of rotatable bonds is 9. The standard InChI is InChI=1S/C17H22N4O3/c1-21(2)10-4-9-19-17-15(11-18)20-16(24-17)12-23-14-7-5-13(22-3)6-8-14/h5-8,19H,4,9-10,12H2,1-3H3. The van der Waals surface area contributed by atoms with Gasteiger partial charge in [0.2, 0.25) is 17.5 Å². The van der Waals surface area contributed by atoms with E-state index in [1.807, 2.05) is 32.3 Å². The number of nitriles is 1. The summed E-state index contributed by atoms with van der Waals surface area (Å²) in [5.74, 6) is 2.18. The predicted octanol–water partition coefficient (Wildman–Crippen LogP) is 2.50. The van der Waals surface area contributed by atoms with Crippen LogP contribution in [-0.2, 0) is 6.61 Å². The fourth-order valence-electron chi connectivity index (χ4n) is 2.04. The van der Waals surface area contributed by atoms with Crippen molar-refractivity contribution in [1.29, 1.82) is 5.26 Å². The van der Waals surface area contributed by atoms with Gasteiger partial charge in [-0.1, -0.05) is 0 Å². The molecule has 0 aliphatic rings. The number of nitrogens with one attached hydrogen (secondary N) is 1. The molecule has 0 saturated carbocycles. The highest BCUT2D eigenvalue weighted by atomic mass is 16.5. The summed E-state index contributed by atoms with van der Waals surface area (Å²) < 4.78 is 16.3. The van der Waals surface area contributed by atoms with Gasteiger partial charge in [-0.3, -0.25) is 0 Å². The Hall–Kier alpha value is -2.72. The highest BCUT2D eigenvalue weighted by Crippen LogP contribution is 2.20. The normalized spacial score (nSPS) is 10.5. The van der Waals surface area contributed by atoms with Crippen LogP contribution < -0.4 is 14.8 Å². The van der Waals surface area contributed by atoms with Crippen molar-refractivity contribution in [3.8, 4) is 17.6 Å². The Bertz CT molecular complexity index is 674. The molecule has 0 amide bonds.